The molecule has 6 heteroatoms. The highest BCUT2D eigenvalue weighted by molar-refractivity contribution is 9.10. The predicted molar refractivity (Wildman–Crippen MR) is 121 cm³/mol. The fourth-order valence-corrected chi connectivity index (χ4v) is 4.04. The Balaban J connectivity index is 1.74. The summed E-state index contributed by atoms with van der Waals surface area (Å²) in [5, 5.41) is 5.43. The first-order valence-electron chi connectivity index (χ1n) is 9.59. The summed E-state index contributed by atoms with van der Waals surface area (Å²) in [6.07, 6.45) is 2.04. The minimum atomic E-state index is -0.0772. The molecule has 0 aliphatic carbocycles. The number of ether oxygens (including phenoxy) is 1. The van der Waals surface area contributed by atoms with Crippen molar-refractivity contribution in [1.29, 1.82) is 0 Å². The van der Waals surface area contributed by atoms with Crippen LogP contribution in [0.25, 0.3) is 27.5 Å². The summed E-state index contributed by atoms with van der Waals surface area (Å²) in [6.45, 7) is 0.582. The molecule has 148 valence electrons. The third-order valence-corrected chi connectivity index (χ3v) is 5.80. The lowest BCUT2D eigenvalue weighted by atomic mass is 10.1. The van der Waals surface area contributed by atoms with E-state index in [4.69, 9.17) is 4.74 Å². The first-order valence-corrected chi connectivity index (χ1v) is 10.4. The number of methoxy groups -OCH3 is 1. The van der Waals surface area contributed by atoms with E-state index in [1.54, 1.807) is 11.8 Å². The number of nitrogens with zero attached hydrogens (tertiary/aromatic N) is 2. The van der Waals surface area contributed by atoms with Gasteiger partial charge in [0.2, 0.25) is 0 Å². The predicted octanol–water partition coefficient (Wildman–Crippen LogP) is 4.58. The van der Waals surface area contributed by atoms with E-state index >= 15 is 0 Å². The molecule has 5 aromatic rings. The number of halogens is 1. The van der Waals surface area contributed by atoms with Crippen molar-refractivity contribution in [3.8, 4) is 11.4 Å². The second-order valence-electron chi connectivity index (χ2n) is 7.14. The lowest BCUT2D eigenvalue weighted by Crippen LogP contribution is -2.38. The standard InChI is InChI=1S/C24H18BrN3O2/c1-30-20-12-6-16(7-13-20)14-27-15-17-4-2-3-5-21(17)22-23(27)24(29)28(26-22)19-10-8-18(25)9-11-19/h2-13,15H,14H2,1H3/p+1. The maximum absolute atomic E-state index is 13.4. The van der Waals surface area contributed by atoms with Gasteiger partial charge in [0, 0.05) is 20.8 Å². The van der Waals surface area contributed by atoms with Crippen LogP contribution in [0.2, 0.25) is 0 Å². The van der Waals surface area contributed by atoms with Crippen molar-refractivity contribution < 1.29 is 9.30 Å². The molecule has 0 aliphatic rings. The summed E-state index contributed by atoms with van der Waals surface area (Å²) in [5.74, 6) is 0.812. The van der Waals surface area contributed by atoms with Crippen LogP contribution in [0.5, 0.6) is 5.75 Å². The molecule has 0 fully saturated rings. The van der Waals surface area contributed by atoms with Crippen molar-refractivity contribution in [3.05, 3.63) is 99.4 Å². The van der Waals surface area contributed by atoms with Gasteiger partial charge in [-0.25, -0.2) is 4.68 Å². The number of benzene rings is 3. The van der Waals surface area contributed by atoms with Gasteiger partial charge in [0.25, 0.3) is 5.52 Å². The minimum absolute atomic E-state index is 0.0772. The summed E-state index contributed by atoms with van der Waals surface area (Å²) in [6, 6.07) is 23.7. The fourth-order valence-electron chi connectivity index (χ4n) is 3.78. The van der Waals surface area contributed by atoms with Crippen LogP contribution in [0.15, 0.2) is 88.3 Å². The van der Waals surface area contributed by atoms with Crippen LogP contribution in [0.3, 0.4) is 0 Å². The van der Waals surface area contributed by atoms with Crippen LogP contribution in [0.4, 0.5) is 0 Å². The number of H-pyrrole nitrogens is 1. The summed E-state index contributed by atoms with van der Waals surface area (Å²) in [7, 11) is 1.65. The molecule has 1 N–H and O–H groups in total. The molecule has 0 radical (unpaired) electrons. The fraction of sp³-hybridized carbons (Fsp3) is 0.0833. The van der Waals surface area contributed by atoms with E-state index in [2.05, 4.69) is 27.1 Å². The Morgan fingerprint density at radius 2 is 1.73 bits per heavy atom. The first-order chi connectivity index (χ1) is 14.6. The molecule has 0 spiro atoms. The summed E-state index contributed by atoms with van der Waals surface area (Å²) < 4.78 is 9.85. The molecule has 2 aromatic heterocycles. The number of pyridine rings is 1. The topological polar surface area (TPSA) is 50.9 Å². The number of fused-ring (bicyclic) bond motifs is 3. The molecule has 0 saturated carbocycles. The van der Waals surface area contributed by atoms with Gasteiger partial charge >= 0.3 is 5.56 Å². The van der Waals surface area contributed by atoms with Crippen LogP contribution in [0.1, 0.15) is 5.56 Å². The molecule has 2 heterocycles. The average molecular weight is 461 g/mol. The van der Waals surface area contributed by atoms with Gasteiger partial charge in [0.05, 0.1) is 12.8 Å². The van der Waals surface area contributed by atoms with Crippen LogP contribution in [-0.2, 0) is 6.54 Å². The third-order valence-electron chi connectivity index (χ3n) is 5.28. The van der Waals surface area contributed by atoms with Gasteiger partial charge in [0.1, 0.15) is 11.3 Å². The maximum atomic E-state index is 13.4. The zero-order valence-electron chi connectivity index (χ0n) is 16.3. The van der Waals surface area contributed by atoms with Gasteiger partial charge in [-0.3, -0.25) is 9.89 Å². The number of nitrogens with one attached hydrogen (secondary N) is 1. The van der Waals surface area contributed by atoms with E-state index in [1.165, 1.54) is 0 Å². The van der Waals surface area contributed by atoms with Gasteiger partial charge in [-0.1, -0.05) is 34.1 Å². The largest absolute Gasteiger partial charge is 0.497 e. The number of hydrogen-bond donors (Lipinski definition) is 1. The van der Waals surface area contributed by atoms with E-state index in [-0.39, 0.29) is 5.56 Å². The molecule has 5 nitrogen and oxygen atoms in total. The van der Waals surface area contributed by atoms with Crippen LogP contribution < -0.4 is 14.9 Å². The Labute approximate surface area is 181 Å². The molecule has 0 unspecified atom stereocenters. The van der Waals surface area contributed by atoms with E-state index in [9.17, 15) is 4.79 Å². The zero-order chi connectivity index (χ0) is 20.7. The van der Waals surface area contributed by atoms with Crippen LogP contribution in [-0.4, -0.2) is 16.9 Å². The van der Waals surface area contributed by atoms with Gasteiger partial charge < -0.3 is 4.74 Å². The number of hydrogen-bond acceptors (Lipinski definition) is 2. The molecule has 0 aliphatic heterocycles. The minimum Gasteiger partial charge on any atom is -0.497 e. The van der Waals surface area contributed by atoms with Gasteiger partial charge in [-0.2, -0.15) is 4.57 Å². The summed E-state index contributed by atoms with van der Waals surface area (Å²) in [4.78, 5) is 13.4. The third kappa shape index (κ3) is 3.19. The summed E-state index contributed by atoms with van der Waals surface area (Å²) >= 11 is 3.45. The second-order valence-corrected chi connectivity index (χ2v) is 8.06. The summed E-state index contributed by atoms with van der Waals surface area (Å²) in [5.41, 5.74) is 3.28. The van der Waals surface area contributed by atoms with E-state index in [0.717, 1.165) is 37.8 Å². The Hall–Kier alpha value is -3.38. The Morgan fingerprint density at radius 3 is 2.47 bits per heavy atom. The molecule has 5 rings (SSSR count). The molecule has 0 bridgehead atoms. The molecular weight excluding hydrogens is 442 g/mol. The normalized spacial score (nSPS) is 11.3. The van der Waals surface area contributed by atoms with E-state index in [0.29, 0.717) is 12.1 Å². The van der Waals surface area contributed by atoms with Crippen molar-refractivity contribution in [2.75, 3.05) is 7.11 Å². The molecular formula is C24H19BrN3O2+. The van der Waals surface area contributed by atoms with Crippen molar-refractivity contribution in [1.82, 2.24) is 9.78 Å². The van der Waals surface area contributed by atoms with Gasteiger partial charge in [-0.05, 0) is 54.6 Å². The zero-order valence-corrected chi connectivity index (χ0v) is 17.9. The highest BCUT2D eigenvalue weighted by atomic mass is 79.9. The monoisotopic (exact) mass is 460 g/mol. The Morgan fingerprint density at radius 1 is 1.00 bits per heavy atom. The van der Waals surface area contributed by atoms with Crippen molar-refractivity contribution in [2.24, 2.45) is 0 Å². The van der Waals surface area contributed by atoms with Crippen molar-refractivity contribution in [2.45, 2.75) is 6.54 Å². The average Bonchev–Trinajstić information content (AvgIpc) is 3.13. The highest BCUT2D eigenvalue weighted by Crippen LogP contribution is 2.21. The highest BCUT2D eigenvalue weighted by Gasteiger charge is 2.22. The molecule has 30 heavy (non-hydrogen) atoms. The number of aromatic nitrogens is 3. The molecule has 0 amide bonds. The van der Waals surface area contributed by atoms with E-state index in [1.807, 2.05) is 77.5 Å². The SMILES string of the molecule is COc1ccc(C[n+]2cc3ccccc3c3[nH]n(-c4ccc(Br)cc4)c(=O)c32)cc1. The quantitative estimate of drug-likeness (QED) is 0.399. The Bertz CT molecular complexity index is 1420. The van der Waals surface area contributed by atoms with Crippen molar-refractivity contribution in [3.63, 3.8) is 0 Å². The Kier molecular flexibility index (Phi) is 4.64. The second kappa shape index (κ2) is 7.46. The van der Waals surface area contributed by atoms with Crippen molar-refractivity contribution >= 4 is 37.7 Å². The van der Waals surface area contributed by atoms with Crippen LogP contribution in [0, 0.1) is 0 Å². The molecule has 0 saturated heterocycles. The molecule has 3 aromatic carbocycles. The van der Waals surface area contributed by atoms with Gasteiger partial charge in [-0.15, -0.1) is 0 Å². The van der Waals surface area contributed by atoms with E-state index < -0.39 is 0 Å². The van der Waals surface area contributed by atoms with Crippen LogP contribution >= 0.6 is 15.9 Å². The van der Waals surface area contributed by atoms with Gasteiger partial charge in [0.15, 0.2) is 12.7 Å². The lowest BCUT2D eigenvalue weighted by Gasteiger charge is -2.03. The maximum Gasteiger partial charge on any atom is 0.344 e. The lowest BCUT2D eigenvalue weighted by molar-refractivity contribution is -0.661. The first kappa shape index (κ1) is 18.6. The number of aromatic amines is 1. The molecule has 0 atom stereocenters. The number of rotatable bonds is 4. The smallest absolute Gasteiger partial charge is 0.344 e.